The summed E-state index contributed by atoms with van der Waals surface area (Å²) in [5.41, 5.74) is 0.657. The molecule has 1 aliphatic rings. The lowest BCUT2D eigenvalue weighted by Gasteiger charge is -2.22. The number of rotatable bonds is 4. The minimum atomic E-state index is -0.215. The summed E-state index contributed by atoms with van der Waals surface area (Å²) in [4.78, 5) is 0. The zero-order valence-corrected chi connectivity index (χ0v) is 11.0. The number of benzene rings is 1. The molecule has 0 saturated carbocycles. The summed E-state index contributed by atoms with van der Waals surface area (Å²) < 4.78 is 22.1. The first-order valence-electron chi connectivity index (χ1n) is 6.66. The topological polar surface area (TPSA) is 64.6 Å². The number of para-hydroxylation sites is 1. The van der Waals surface area contributed by atoms with Crippen molar-refractivity contribution in [2.45, 2.75) is 19.1 Å². The van der Waals surface area contributed by atoms with Gasteiger partial charge in [0.25, 0.3) is 0 Å². The van der Waals surface area contributed by atoms with Gasteiger partial charge in [-0.3, -0.25) is 0 Å². The second-order valence-corrected chi connectivity index (χ2v) is 4.53. The fourth-order valence-electron chi connectivity index (χ4n) is 2.20. The number of nitriles is 1. The molecule has 104 valence electrons. The van der Waals surface area contributed by atoms with E-state index in [1.807, 2.05) is 30.3 Å². The van der Waals surface area contributed by atoms with E-state index in [1.165, 1.54) is 0 Å². The maximum Gasteiger partial charge on any atom is 0.246 e. The van der Waals surface area contributed by atoms with Crippen LogP contribution in [0.5, 0.6) is 5.75 Å². The first-order chi connectivity index (χ1) is 9.88. The van der Waals surface area contributed by atoms with Crippen molar-refractivity contribution in [2.75, 3.05) is 19.8 Å². The molecule has 0 bridgehead atoms. The molecule has 5 heteroatoms. The number of fused-ring (bicyclic) bond motifs is 1. The van der Waals surface area contributed by atoms with Crippen molar-refractivity contribution in [2.24, 2.45) is 0 Å². The van der Waals surface area contributed by atoms with Gasteiger partial charge in [-0.05, 0) is 18.6 Å². The number of hydrogen-bond donors (Lipinski definition) is 0. The Bertz CT molecular complexity index is 622. The van der Waals surface area contributed by atoms with Crippen LogP contribution in [0.4, 0.5) is 0 Å². The third-order valence-electron chi connectivity index (χ3n) is 3.15. The lowest BCUT2D eigenvalue weighted by Crippen LogP contribution is -2.26. The molecule has 1 aromatic heterocycles. The van der Waals surface area contributed by atoms with Crippen LogP contribution in [0.3, 0.4) is 0 Å². The summed E-state index contributed by atoms with van der Waals surface area (Å²) in [6, 6.07) is 9.46. The van der Waals surface area contributed by atoms with Gasteiger partial charge in [-0.2, -0.15) is 5.26 Å². The average molecular weight is 273 g/mol. The average Bonchev–Trinajstić information content (AvgIpc) is 2.87. The van der Waals surface area contributed by atoms with Gasteiger partial charge in [0.1, 0.15) is 11.7 Å². The fourth-order valence-corrected chi connectivity index (χ4v) is 2.20. The van der Waals surface area contributed by atoms with Crippen LogP contribution in [0.1, 0.15) is 18.6 Å². The summed E-state index contributed by atoms with van der Waals surface area (Å²) in [5.74, 6) is 0.704. The predicted molar refractivity (Wildman–Crippen MR) is 71.4 cm³/mol. The Hall–Kier alpha value is -2.03. The van der Waals surface area contributed by atoms with Crippen LogP contribution in [-0.2, 0) is 9.47 Å². The van der Waals surface area contributed by atoms with Gasteiger partial charge >= 0.3 is 0 Å². The van der Waals surface area contributed by atoms with E-state index < -0.39 is 0 Å². The molecule has 1 fully saturated rings. The van der Waals surface area contributed by atoms with Gasteiger partial charge in [0, 0.05) is 6.42 Å². The summed E-state index contributed by atoms with van der Waals surface area (Å²) in [7, 11) is 0. The van der Waals surface area contributed by atoms with E-state index in [0.29, 0.717) is 24.4 Å². The molecular formula is C15H15NO4. The smallest absolute Gasteiger partial charge is 0.246 e. The van der Waals surface area contributed by atoms with Gasteiger partial charge in [0.15, 0.2) is 12.0 Å². The van der Waals surface area contributed by atoms with E-state index in [2.05, 4.69) is 0 Å². The molecule has 1 aromatic carbocycles. The Morgan fingerprint density at radius 1 is 1.25 bits per heavy atom. The minimum Gasteiger partial charge on any atom is -0.488 e. The van der Waals surface area contributed by atoms with Crippen molar-refractivity contribution >= 4 is 11.0 Å². The lowest BCUT2D eigenvalue weighted by molar-refractivity contribution is -0.183. The van der Waals surface area contributed by atoms with Crippen molar-refractivity contribution in [1.82, 2.24) is 0 Å². The van der Waals surface area contributed by atoms with Crippen LogP contribution < -0.4 is 4.74 Å². The van der Waals surface area contributed by atoms with Gasteiger partial charge < -0.3 is 18.6 Å². The van der Waals surface area contributed by atoms with Crippen LogP contribution in [0.25, 0.3) is 11.0 Å². The van der Waals surface area contributed by atoms with Gasteiger partial charge in [-0.1, -0.05) is 12.1 Å². The lowest BCUT2D eigenvalue weighted by atomic mass is 10.2. The Labute approximate surface area is 116 Å². The van der Waals surface area contributed by atoms with Crippen LogP contribution in [-0.4, -0.2) is 26.1 Å². The molecule has 2 aromatic rings. The Morgan fingerprint density at radius 2 is 2.05 bits per heavy atom. The van der Waals surface area contributed by atoms with Crippen LogP contribution >= 0.6 is 0 Å². The van der Waals surface area contributed by atoms with E-state index in [1.54, 1.807) is 0 Å². The van der Waals surface area contributed by atoms with Crippen molar-refractivity contribution in [1.29, 1.82) is 5.26 Å². The Morgan fingerprint density at radius 3 is 2.85 bits per heavy atom. The molecule has 0 atom stereocenters. The zero-order chi connectivity index (χ0) is 13.8. The SMILES string of the molecule is N#Cc1oc2ccccc2c1OCCC1OCCCO1. The number of ether oxygens (including phenoxy) is 3. The third kappa shape index (κ3) is 2.62. The van der Waals surface area contributed by atoms with Crippen LogP contribution in [0, 0.1) is 11.3 Å². The van der Waals surface area contributed by atoms with Crippen LogP contribution in [0.2, 0.25) is 0 Å². The van der Waals surface area contributed by atoms with E-state index in [0.717, 1.165) is 25.0 Å². The zero-order valence-electron chi connectivity index (χ0n) is 11.0. The number of furan rings is 1. The van der Waals surface area contributed by atoms with Gasteiger partial charge in [-0.25, -0.2) is 0 Å². The first-order valence-corrected chi connectivity index (χ1v) is 6.66. The highest BCUT2D eigenvalue weighted by atomic mass is 16.7. The second kappa shape index (κ2) is 5.95. The molecule has 1 aliphatic heterocycles. The number of nitrogens with zero attached hydrogens (tertiary/aromatic N) is 1. The summed E-state index contributed by atoms with van der Waals surface area (Å²) in [6.07, 6.45) is 1.35. The molecule has 0 unspecified atom stereocenters. The molecule has 0 N–H and O–H groups in total. The maximum absolute atomic E-state index is 9.09. The molecule has 0 radical (unpaired) electrons. The van der Waals surface area contributed by atoms with Gasteiger partial charge in [0.2, 0.25) is 5.76 Å². The van der Waals surface area contributed by atoms with E-state index in [4.69, 9.17) is 23.9 Å². The van der Waals surface area contributed by atoms with E-state index >= 15 is 0 Å². The highest BCUT2D eigenvalue weighted by Gasteiger charge is 2.17. The Kier molecular flexibility index (Phi) is 3.86. The van der Waals surface area contributed by atoms with Crippen molar-refractivity contribution in [3.05, 3.63) is 30.0 Å². The van der Waals surface area contributed by atoms with Gasteiger partial charge in [-0.15, -0.1) is 0 Å². The maximum atomic E-state index is 9.09. The second-order valence-electron chi connectivity index (χ2n) is 4.53. The quantitative estimate of drug-likeness (QED) is 0.857. The number of hydrogen-bond acceptors (Lipinski definition) is 5. The molecule has 0 spiro atoms. The standard InChI is InChI=1S/C15H15NO4/c16-10-13-15(11-4-1-2-5-12(11)20-13)19-9-6-14-17-7-3-8-18-14/h1-2,4-5,14H,3,6-9H2. The van der Waals surface area contributed by atoms with Gasteiger partial charge in [0.05, 0.1) is 25.2 Å². The monoisotopic (exact) mass is 273 g/mol. The summed E-state index contributed by atoms with van der Waals surface area (Å²) in [6.45, 7) is 1.87. The first kappa shape index (κ1) is 13.0. The normalized spacial score (nSPS) is 16.1. The predicted octanol–water partition coefficient (Wildman–Crippen LogP) is 2.84. The molecule has 1 saturated heterocycles. The highest BCUT2D eigenvalue weighted by molar-refractivity contribution is 5.86. The molecule has 20 heavy (non-hydrogen) atoms. The summed E-state index contributed by atoms with van der Waals surface area (Å²) >= 11 is 0. The minimum absolute atomic E-state index is 0.205. The van der Waals surface area contributed by atoms with Crippen molar-refractivity contribution in [3.8, 4) is 11.8 Å². The molecular weight excluding hydrogens is 258 g/mol. The van der Waals surface area contributed by atoms with Crippen molar-refractivity contribution in [3.63, 3.8) is 0 Å². The molecule has 0 amide bonds. The van der Waals surface area contributed by atoms with Crippen LogP contribution in [0.15, 0.2) is 28.7 Å². The van der Waals surface area contributed by atoms with Crippen molar-refractivity contribution < 1.29 is 18.6 Å². The highest BCUT2D eigenvalue weighted by Crippen LogP contribution is 2.32. The molecule has 0 aliphatic carbocycles. The molecule has 2 heterocycles. The van der Waals surface area contributed by atoms with E-state index in [-0.39, 0.29) is 12.1 Å². The summed E-state index contributed by atoms with van der Waals surface area (Å²) in [5, 5.41) is 9.91. The molecule has 3 rings (SSSR count). The molecule has 5 nitrogen and oxygen atoms in total. The van der Waals surface area contributed by atoms with E-state index in [9.17, 15) is 0 Å². The largest absolute Gasteiger partial charge is 0.488 e. The Balaban J connectivity index is 1.69. The fraction of sp³-hybridized carbons (Fsp3) is 0.400. The third-order valence-corrected chi connectivity index (χ3v) is 3.15.